The summed E-state index contributed by atoms with van der Waals surface area (Å²) in [6, 6.07) is 14.3. The molecule has 1 atom stereocenters. The lowest BCUT2D eigenvalue weighted by Crippen LogP contribution is -2.52. The molecule has 0 aliphatic carbocycles. The van der Waals surface area contributed by atoms with Gasteiger partial charge in [0.25, 0.3) is 0 Å². The van der Waals surface area contributed by atoms with Gasteiger partial charge in [-0.05, 0) is 73.9 Å². The van der Waals surface area contributed by atoms with Crippen LogP contribution in [0.2, 0.25) is 0 Å². The molecule has 3 saturated heterocycles. The number of piperidine rings is 2. The van der Waals surface area contributed by atoms with E-state index in [1.54, 1.807) is 30.3 Å². The number of imide groups is 1. The molecule has 2 aromatic carbocycles. The van der Waals surface area contributed by atoms with Crippen LogP contribution in [0.4, 0.5) is 31.7 Å². The summed E-state index contributed by atoms with van der Waals surface area (Å²) in [5.41, 5.74) is 0.626. The van der Waals surface area contributed by atoms with E-state index < -0.39 is 50.5 Å². The van der Waals surface area contributed by atoms with Crippen LogP contribution in [0.25, 0.3) is 22.2 Å². The first-order valence-electron chi connectivity index (χ1n) is 21.0. The number of carbonyl (C=O) groups is 4. The third-order valence-electron chi connectivity index (χ3n) is 12.2. The topological polar surface area (TPSA) is 213 Å². The molecule has 0 radical (unpaired) electrons. The summed E-state index contributed by atoms with van der Waals surface area (Å²) in [4.78, 5) is 68.6. The molecule has 0 saturated carbocycles. The van der Waals surface area contributed by atoms with E-state index >= 15 is 8.78 Å². The van der Waals surface area contributed by atoms with Crippen LogP contribution in [0.3, 0.4) is 0 Å². The number of nitrogens with one attached hydrogen (secondary N) is 4. The Hall–Kier alpha value is -6.51. The van der Waals surface area contributed by atoms with E-state index in [1.807, 2.05) is 36.4 Å². The molecule has 5 N–H and O–H groups in total. The lowest BCUT2D eigenvalue weighted by Gasteiger charge is -2.41. The van der Waals surface area contributed by atoms with Gasteiger partial charge in [-0.1, -0.05) is 6.92 Å². The summed E-state index contributed by atoms with van der Waals surface area (Å²) in [6.45, 7) is 4.82. The Balaban J connectivity index is 0.846. The smallest absolute Gasteiger partial charge is 0.301 e. The van der Waals surface area contributed by atoms with Crippen molar-refractivity contribution in [3.63, 3.8) is 0 Å². The largest absolute Gasteiger partial charge is 0.389 e. The maximum atomic E-state index is 15.6. The van der Waals surface area contributed by atoms with Crippen LogP contribution >= 0.6 is 0 Å². The zero-order valence-electron chi connectivity index (χ0n) is 35.2. The highest BCUT2D eigenvalue weighted by Gasteiger charge is 2.37. The maximum Gasteiger partial charge on any atom is 0.301 e. The van der Waals surface area contributed by atoms with Crippen molar-refractivity contribution < 1.29 is 41.5 Å². The minimum atomic E-state index is -4.16. The SMILES string of the molecule is CCN(C)S(=O)(=O)Nc1ccc(F)c(C(=O)c2c[nH]c3ncc(-c4ccc(N5CCN(C(=O)CC6(O)CCN(c7ccc(NC8CCC(=O)NC8=O)cc7)CC6)CC5)nc4)cc23)c1F. The van der Waals surface area contributed by atoms with Gasteiger partial charge >= 0.3 is 10.2 Å². The molecule has 336 valence electrons. The van der Waals surface area contributed by atoms with Crippen molar-refractivity contribution in [3.05, 3.63) is 95.9 Å². The fourth-order valence-corrected chi connectivity index (χ4v) is 9.12. The molecule has 1 unspecified atom stereocenters. The zero-order valence-corrected chi connectivity index (χ0v) is 36.1. The van der Waals surface area contributed by atoms with Crippen molar-refractivity contribution >= 4 is 67.6 Å². The Morgan fingerprint density at radius 1 is 0.938 bits per heavy atom. The first kappa shape index (κ1) is 44.1. The molecule has 64 heavy (non-hydrogen) atoms. The molecule has 20 heteroatoms. The third kappa shape index (κ3) is 9.25. The second kappa shape index (κ2) is 17.9. The molecular formula is C44H48F2N10O7S. The predicted octanol–water partition coefficient (Wildman–Crippen LogP) is 4.03. The number of halogens is 2. The van der Waals surface area contributed by atoms with E-state index in [2.05, 4.69) is 40.1 Å². The standard InChI is InChI=1S/C44H48F2N10O7S/c1-3-53(2)64(62,63)52-34-10-9-33(45)39(40(34)46)41(59)32-26-49-42-31(32)22-28(25-48-42)27-4-12-36(47-24-27)55-18-20-56(21-19-55)38(58)23-44(61)14-16-54(17-15-44)30-7-5-29(6-8-30)50-35-11-13-37(57)51-43(35)60/h4-10,12,22,24-26,35,50,52,61H,3,11,13-21,23H2,1-2H3,(H,48,49)(H,51,57,60). The fraction of sp³-hybridized carbons (Fsp3) is 0.364. The van der Waals surface area contributed by atoms with Gasteiger partial charge in [0.2, 0.25) is 23.5 Å². The number of pyridine rings is 2. The second-order valence-electron chi connectivity index (χ2n) is 16.3. The number of hydrogen-bond donors (Lipinski definition) is 5. The lowest BCUT2D eigenvalue weighted by molar-refractivity contribution is -0.138. The summed E-state index contributed by atoms with van der Waals surface area (Å²) in [5.74, 6) is -3.51. The Morgan fingerprint density at radius 3 is 2.33 bits per heavy atom. The van der Waals surface area contributed by atoms with E-state index in [0.29, 0.717) is 92.9 Å². The van der Waals surface area contributed by atoms with Crippen LogP contribution in [0.5, 0.6) is 0 Å². The van der Waals surface area contributed by atoms with E-state index in [-0.39, 0.29) is 36.3 Å². The average Bonchev–Trinajstić information content (AvgIpc) is 3.72. The van der Waals surface area contributed by atoms with E-state index in [9.17, 15) is 32.7 Å². The number of aromatic amines is 1. The molecule has 3 aliphatic heterocycles. The normalized spacial score (nSPS) is 18.0. The summed E-state index contributed by atoms with van der Waals surface area (Å²) < 4.78 is 58.8. The van der Waals surface area contributed by atoms with Crippen molar-refractivity contribution in [3.8, 4) is 11.1 Å². The van der Waals surface area contributed by atoms with Crippen LogP contribution in [-0.4, -0.2) is 126 Å². The number of amides is 3. The van der Waals surface area contributed by atoms with E-state index in [1.165, 1.54) is 13.2 Å². The highest BCUT2D eigenvalue weighted by molar-refractivity contribution is 7.90. The summed E-state index contributed by atoms with van der Waals surface area (Å²) in [6.07, 6.45) is 6.16. The number of H-pyrrole nitrogens is 1. The van der Waals surface area contributed by atoms with Gasteiger partial charge in [0.05, 0.1) is 23.3 Å². The molecule has 0 bridgehead atoms. The quantitative estimate of drug-likeness (QED) is 0.0838. The summed E-state index contributed by atoms with van der Waals surface area (Å²) >= 11 is 0. The van der Waals surface area contributed by atoms with Gasteiger partial charge in [-0.25, -0.2) is 18.7 Å². The number of fused-ring (bicyclic) bond motifs is 1. The number of ketones is 1. The van der Waals surface area contributed by atoms with Gasteiger partial charge < -0.3 is 30.1 Å². The second-order valence-corrected chi connectivity index (χ2v) is 18.1. The number of rotatable bonds is 13. The Bertz CT molecular complexity index is 2700. The molecule has 8 rings (SSSR count). The first-order chi connectivity index (χ1) is 30.6. The van der Waals surface area contributed by atoms with Crippen molar-refractivity contribution in [1.29, 1.82) is 0 Å². The van der Waals surface area contributed by atoms with Crippen molar-refractivity contribution in [2.45, 2.75) is 50.7 Å². The van der Waals surface area contributed by atoms with Gasteiger partial charge in [0, 0.05) is 111 Å². The molecule has 6 heterocycles. The van der Waals surface area contributed by atoms with Gasteiger partial charge in [0.15, 0.2) is 5.82 Å². The summed E-state index contributed by atoms with van der Waals surface area (Å²) in [5, 5.41) is 17.3. The highest BCUT2D eigenvalue weighted by atomic mass is 32.2. The fourth-order valence-electron chi connectivity index (χ4n) is 8.19. The minimum Gasteiger partial charge on any atom is -0.389 e. The number of aliphatic hydroxyl groups is 1. The molecule has 17 nitrogen and oxygen atoms in total. The van der Waals surface area contributed by atoms with Crippen LogP contribution in [0.15, 0.2) is 73.2 Å². The number of hydrogen-bond acceptors (Lipinski definition) is 12. The molecule has 3 aromatic heterocycles. The maximum absolute atomic E-state index is 15.6. The molecule has 0 spiro atoms. The molecule has 3 aliphatic rings. The Kier molecular flexibility index (Phi) is 12.4. The highest BCUT2D eigenvalue weighted by Crippen LogP contribution is 2.33. The Morgan fingerprint density at radius 2 is 1.66 bits per heavy atom. The predicted molar refractivity (Wildman–Crippen MR) is 236 cm³/mol. The molecule has 3 amide bonds. The van der Waals surface area contributed by atoms with Gasteiger partial charge in [0.1, 0.15) is 23.3 Å². The van der Waals surface area contributed by atoms with Crippen LogP contribution in [-0.2, 0) is 24.6 Å². The molecular weight excluding hydrogens is 851 g/mol. The minimum absolute atomic E-state index is 0.0318. The Labute approximate surface area is 368 Å². The van der Waals surface area contributed by atoms with Crippen LogP contribution in [0, 0.1) is 11.6 Å². The molecule has 5 aromatic rings. The van der Waals surface area contributed by atoms with Crippen LogP contribution in [0.1, 0.15) is 54.9 Å². The number of carbonyl (C=O) groups excluding carboxylic acids is 4. The van der Waals surface area contributed by atoms with Gasteiger partial charge in [-0.2, -0.15) is 12.7 Å². The average molecular weight is 899 g/mol. The van der Waals surface area contributed by atoms with E-state index in [0.717, 1.165) is 27.8 Å². The van der Waals surface area contributed by atoms with Gasteiger partial charge in [-0.15, -0.1) is 0 Å². The van der Waals surface area contributed by atoms with Gasteiger partial charge in [-0.3, -0.25) is 29.2 Å². The zero-order chi connectivity index (χ0) is 45.3. The number of anilines is 4. The van der Waals surface area contributed by atoms with Crippen molar-refractivity contribution in [1.82, 2.24) is 29.5 Å². The lowest BCUT2D eigenvalue weighted by atomic mass is 9.87. The third-order valence-corrected chi connectivity index (χ3v) is 13.8. The molecule has 3 fully saturated rings. The van der Waals surface area contributed by atoms with E-state index in [4.69, 9.17) is 0 Å². The number of benzene rings is 2. The summed E-state index contributed by atoms with van der Waals surface area (Å²) in [7, 11) is -2.87. The number of nitrogens with zero attached hydrogens (tertiary/aromatic N) is 6. The number of piperazine rings is 1. The van der Waals surface area contributed by atoms with Crippen molar-refractivity contribution in [2.24, 2.45) is 0 Å². The van der Waals surface area contributed by atoms with Crippen molar-refractivity contribution in [2.75, 3.05) is 72.7 Å². The van der Waals surface area contributed by atoms with Crippen LogP contribution < -0.4 is 25.2 Å². The first-order valence-corrected chi connectivity index (χ1v) is 22.5. The number of aromatic nitrogens is 3. The monoisotopic (exact) mass is 898 g/mol.